The van der Waals surface area contributed by atoms with E-state index in [9.17, 15) is 8.42 Å². The van der Waals surface area contributed by atoms with Crippen LogP contribution in [-0.2, 0) is 10.0 Å². The molecule has 0 unspecified atom stereocenters. The second-order valence-electron chi connectivity index (χ2n) is 7.86. The van der Waals surface area contributed by atoms with Gasteiger partial charge in [-0.3, -0.25) is 14.7 Å². The van der Waals surface area contributed by atoms with Gasteiger partial charge in [-0.25, -0.2) is 13.4 Å². The van der Waals surface area contributed by atoms with E-state index >= 15 is 0 Å². The summed E-state index contributed by atoms with van der Waals surface area (Å²) in [6.45, 7) is 0.788. The van der Waals surface area contributed by atoms with E-state index in [0.717, 1.165) is 5.56 Å². The number of hydrogen-bond donors (Lipinski definition) is 3. The predicted octanol–water partition coefficient (Wildman–Crippen LogP) is 3.47. The monoisotopic (exact) mass is 502 g/mol. The molecular formula is C25H22N6O4S. The number of fused-ring (bicyclic) bond motifs is 2. The zero-order chi connectivity index (χ0) is 25.1. The summed E-state index contributed by atoms with van der Waals surface area (Å²) < 4.78 is 39.6. The first-order valence-corrected chi connectivity index (χ1v) is 12.5. The fourth-order valence-electron chi connectivity index (χ4n) is 3.73. The van der Waals surface area contributed by atoms with Crippen LogP contribution in [-0.4, -0.2) is 49.8 Å². The second kappa shape index (κ2) is 9.62. The molecule has 4 aromatic rings. The van der Waals surface area contributed by atoms with Gasteiger partial charge in [-0.15, -0.1) is 0 Å². The van der Waals surface area contributed by atoms with Gasteiger partial charge in [0, 0.05) is 42.9 Å². The molecular weight excluding hydrogens is 480 g/mol. The first-order chi connectivity index (χ1) is 17.5. The van der Waals surface area contributed by atoms with Gasteiger partial charge >= 0.3 is 0 Å². The first-order valence-electron chi connectivity index (χ1n) is 11.0. The Bertz CT molecular complexity index is 1600. The highest BCUT2D eigenvalue weighted by molar-refractivity contribution is 7.92. The Kier molecular flexibility index (Phi) is 6.21. The van der Waals surface area contributed by atoms with Gasteiger partial charge in [-0.2, -0.15) is 0 Å². The summed E-state index contributed by atoms with van der Waals surface area (Å²) in [6.07, 6.45) is 7.58. The van der Waals surface area contributed by atoms with Crippen molar-refractivity contribution in [2.45, 2.75) is 4.90 Å². The number of sulfonamides is 1. The highest BCUT2D eigenvalue weighted by Gasteiger charge is 2.20. The van der Waals surface area contributed by atoms with Crippen LogP contribution in [0.25, 0.3) is 27.7 Å². The molecule has 0 fully saturated rings. The van der Waals surface area contributed by atoms with Crippen LogP contribution in [0.1, 0.15) is 5.69 Å². The van der Waals surface area contributed by atoms with Crippen molar-refractivity contribution in [3.8, 4) is 22.6 Å². The number of nitrogens with zero attached hydrogens (tertiary/aromatic N) is 3. The summed E-state index contributed by atoms with van der Waals surface area (Å²) in [6, 6.07) is 11.7. The van der Waals surface area contributed by atoms with E-state index in [1.165, 1.54) is 24.5 Å². The molecule has 3 N–H and O–H groups in total. The van der Waals surface area contributed by atoms with Gasteiger partial charge in [0.05, 0.1) is 39.7 Å². The third-order valence-corrected chi connectivity index (χ3v) is 6.82. The number of hydrogen-bond acceptors (Lipinski definition) is 9. The van der Waals surface area contributed by atoms with Crippen molar-refractivity contribution in [2.75, 3.05) is 25.0 Å². The third-order valence-electron chi connectivity index (χ3n) is 5.44. The number of aromatic nitrogens is 3. The average Bonchev–Trinajstić information content (AvgIpc) is 2.90. The van der Waals surface area contributed by atoms with E-state index in [4.69, 9.17) is 14.9 Å². The van der Waals surface area contributed by atoms with E-state index < -0.39 is 10.0 Å². The van der Waals surface area contributed by atoms with E-state index in [1.807, 2.05) is 18.2 Å². The number of benzene rings is 2. The number of rotatable bonds is 7. The number of nitrogens with one attached hydrogen (secondary N) is 3. The van der Waals surface area contributed by atoms with E-state index in [1.54, 1.807) is 37.8 Å². The highest BCUT2D eigenvalue weighted by Crippen LogP contribution is 2.33. The summed E-state index contributed by atoms with van der Waals surface area (Å²) in [4.78, 5) is 13.3. The Hall–Kier alpha value is -4.51. The zero-order valence-corrected chi connectivity index (χ0v) is 20.0. The fourth-order valence-corrected chi connectivity index (χ4v) is 4.78. The molecule has 0 saturated carbocycles. The van der Waals surface area contributed by atoms with Crippen molar-refractivity contribution in [1.82, 2.24) is 20.3 Å². The van der Waals surface area contributed by atoms with Crippen LogP contribution in [0.5, 0.6) is 11.5 Å². The molecule has 0 spiro atoms. The number of pyridine rings is 1. The van der Waals surface area contributed by atoms with E-state index in [2.05, 4.69) is 25.0 Å². The minimum Gasteiger partial charge on any atom is -0.486 e. The van der Waals surface area contributed by atoms with Crippen molar-refractivity contribution in [3.63, 3.8) is 0 Å². The normalized spacial score (nSPS) is 13.3. The Balaban J connectivity index is 1.44. The van der Waals surface area contributed by atoms with Gasteiger partial charge in [-0.05, 0) is 35.9 Å². The maximum Gasteiger partial charge on any atom is 0.262 e. The Morgan fingerprint density at radius 3 is 2.61 bits per heavy atom. The van der Waals surface area contributed by atoms with Crippen molar-refractivity contribution in [2.24, 2.45) is 0 Å². The van der Waals surface area contributed by atoms with Gasteiger partial charge in [0.2, 0.25) is 0 Å². The van der Waals surface area contributed by atoms with Crippen LogP contribution in [0.2, 0.25) is 0 Å². The summed E-state index contributed by atoms with van der Waals surface area (Å²) in [5, 5.41) is 10.5. The van der Waals surface area contributed by atoms with Crippen molar-refractivity contribution < 1.29 is 17.9 Å². The molecule has 0 atom stereocenters. The molecule has 36 heavy (non-hydrogen) atoms. The first kappa shape index (κ1) is 23.2. The maximum absolute atomic E-state index is 13.0. The highest BCUT2D eigenvalue weighted by atomic mass is 32.2. The SMILES string of the molecule is CN/C=C(\C=N)c1cnc2ccc(-c3cncc(NS(=O)(=O)c4ccc5c(c4)OCCO5)c3)cc2n1. The minimum atomic E-state index is -3.89. The number of anilines is 1. The molecule has 3 heterocycles. The molecule has 0 aliphatic carbocycles. The molecule has 2 aromatic heterocycles. The molecule has 0 amide bonds. The van der Waals surface area contributed by atoms with Crippen molar-refractivity contribution in [1.29, 1.82) is 5.41 Å². The lowest BCUT2D eigenvalue weighted by Gasteiger charge is -2.19. The summed E-state index contributed by atoms with van der Waals surface area (Å²) in [7, 11) is -2.14. The number of ether oxygens (including phenoxy) is 2. The number of allylic oxidation sites excluding steroid dienone is 1. The molecule has 10 nitrogen and oxygen atoms in total. The molecule has 0 bridgehead atoms. The van der Waals surface area contributed by atoms with Crippen LogP contribution < -0.4 is 19.5 Å². The van der Waals surface area contributed by atoms with Gasteiger partial charge < -0.3 is 20.2 Å². The molecule has 182 valence electrons. The fraction of sp³-hybridized carbons (Fsp3) is 0.120. The zero-order valence-electron chi connectivity index (χ0n) is 19.2. The smallest absolute Gasteiger partial charge is 0.262 e. The minimum absolute atomic E-state index is 0.0577. The van der Waals surface area contributed by atoms with Gasteiger partial charge in [0.1, 0.15) is 13.2 Å². The molecule has 5 rings (SSSR count). The van der Waals surface area contributed by atoms with Crippen LogP contribution in [0.3, 0.4) is 0 Å². The largest absolute Gasteiger partial charge is 0.486 e. The van der Waals surface area contributed by atoms with E-state index in [-0.39, 0.29) is 4.90 Å². The lowest BCUT2D eigenvalue weighted by molar-refractivity contribution is 0.171. The topological polar surface area (TPSA) is 139 Å². The van der Waals surface area contributed by atoms with Crippen LogP contribution in [0, 0.1) is 5.41 Å². The summed E-state index contributed by atoms with van der Waals surface area (Å²) in [5.74, 6) is 0.906. The standard InChI is InChI=1S/C25H22N6O4S/c1-27-12-18(11-26)23-15-29-21-4-2-16(9-22(21)30-23)17-8-19(14-28-13-17)31-36(32,33)20-3-5-24-25(10-20)35-7-6-34-24/h2-5,8-15,26-27,31H,6-7H2,1H3/b18-12+,26-11?. The van der Waals surface area contributed by atoms with Crippen molar-refractivity contribution >= 4 is 38.5 Å². The lowest BCUT2D eigenvalue weighted by atomic mass is 10.1. The summed E-state index contributed by atoms with van der Waals surface area (Å²) >= 11 is 0. The summed E-state index contributed by atoms with van der Waals surface area (Å²) in [5.41, 5.74) is 4.28. The Labute approximate surface area is 207 Å². The molecule has 1 aliphatic heterocycles. The molecule has 2 aromatic carbocycles. The lowest BCUT2D eigenvalue weighted by Crippen LogP contribution is -2.17. The van der Waals surface area contributed by atoms with Crippen LogP contribution in [0.4, 0.5) is 5.69 Å². The average molecular weight is 503 g/mol. The third kappa shape index (κ3) is 4.68. The van der Waals surface area contributed by atoms with E-state index in [0.29, 0.717) is 58.3 Å². The van der Waals surface area contributed by atoms with Crippen LogP contribution >= 0.6 is 0 Å². The maximum atomic E-state index is 13.0. The second-order valence-corrected chi connectivity index (χ2v) is 9.55. The van der Waals surface area contributed by atoms with Crippen molar-refractivity contribution in [3.05, 3.63) is 72.9 Å². The molecule has 1 aliphatic rings. The quantitative estimate of drug-likeness (QED) is 0.327. The Morgan fingerprint density at radius 1 is 0.972 bits per heavy atom. The molecule has 0 radical (unpaired) electrons. The van der Waals surface area contributed by atoms with Crippen LogP contribution in [0.15, 0.2) is 72.2 Å². The molecule has 0 saturated heterocycles. The van der Waals surface area contributed by atoms with Gasteiger partial charge in [0.25, 0.3) is 10.0 Å². The Morgan fingerprint density at radius 2 is 1.81 bits per heavy atom. The molecule has 11 heteroatoms. The van der Waals surface area contributed by atoms with Gasteiger partial charge in [0.15, 0.2) is 11.5 Å². The predicted molar refractivity (Wildman–Crippen MR) is 137 cm³/mol. The van der Waals surface area contributed by atoms with Gasteiger partial charge in [-0.1, -0.05) is 6.07 Å².